The smallest absolute Gasteiger partial charge is 0.322 e. The van der Waals surface area contributed by atoms with Crippen LogP contribution in [-0.2, 0) is 11.8 Å². The number of hydrogen-bond acceptors (Lipinski definition) is 5. The number of carboxylic acid groups (broad SMARTS) is 1. The van der Waals surface area contributed by atoms with Crippen molar-refractivity contribution < 1.29 is 19.6 Å². The van der Waals surface area contributed by atoms with Crippen LogP contribution in [0.4, 0.5) is 5.69 Å². The molecular formula is C14H22N4O5. The zero-order valence-electron chi connectivity index (χ0n) is 13.4. The summed E-state index contributed by atoms with van der Waals surface area (Å²) in [6.45, 7) is 1.91. The van der Waals surface area contributed by atoms with E-state index in [4.69, 9.17) is 5.11 Å². The topological polar surface area (TPSA) is 127 Å². The van der Waals surface area contributed by atoms with Crippen molar-refractivity contribution in [1.82, 2.24) is 15.1 Å². The highest BCUT2D eigenvalue weighted by atomic mass is 16.6. The first-order chi connectivity index (χ1) is 10.8. The SMILES string of the molecule is Cc1nn(C)c(C(=O)NCCCCCCCC(=O)O)c1[N+](=O)[O-]. The zero-order valence-corrected chi connectivity index (χ0v) is 13.4. The number of rotatable bonds is 10. The van der Waals surface area contributed by atoms with E-state index in [-0.39, 0.29) is 23.5 Å². The Kier molecular flexibility index (Phi) is 7.17. The molecule has 0 fully saturated rings. The third-order valence-electron chi connectivity index (χ3n) is 3.44. The highest BCUT2D eigenvalue weighted by Crippen LogP contribution is 2.21. The Hall–Kier alpha value is -2.45. The Labute approximate surface area is 133 Å². The highest BCUT2D eigenvalue weighted by molar-refractivity contribution is 5.96. The van der Waals surface area contributed by atoms with Gasteiger partial charge in [-0.3, -0.25) is 24.4 Å². The van der Waals surface area contributed by atoms with E-state index < -0.39 is 16.8 Å². The predicted octanol–water partition coefficient (Wildman–Crippen LogP) is 1.79. The molecule has 0 atom stereocenters. The van der Waals surface area contributed by atoms with Gasteiger partial charge < -0.3 is 10.4 Å². The number of aryl methyl sites for hydroxylation is 2. The van der Waals surface area contributed by atoms with Gasteiger partial charge in [-0.25, -0.2) is 0 Å². The minimum atomic E-state index is -0.787. The second-order valence-electron chi connectivity index (χ2n) is 5.33. The van der Waals surface area contributed by atoms with Crippen molar-refractivity contribution in [1.29, 1.82) is 0 Å². The lowest BCUT2D eigenvalue weighted by Gasteiger charge is -2.05. The summed E-state index contributed by atoms with van der Waals surface area (Å²) in [6, 6.07) is 0. The van der Waals surface area contributed by atoms with Gasteiger partial charge in [0, 0.05) is 20.0 Å². The summed E-state index contributed by atoms with van der Waals surface area (Å²) in [6.07, 6.45) is 4.18. The molecule has 0 aliphatic heterocycles. The third kappa shape index (κ3) is 5.68. The molecule has 0 unspecified atom stereocenters. The molecule has 0 radical (unpaired) electrons. The number of aliphatic carboxylic acids is 1. The standard InChI is InChI=1S/C14H22N4O5/c1-10-12(18(22)23)13(17(2)16-10)14(21)15-9-7-5-3-4-6-8-11(19)20/h3-9H2,1-2H3,(H,15,21)(H,19,20). The summed E-state index contributed by atoms with van der Waals surface area (Å²) in [5.74, 6) is -1.30. The van der Waals surface area contributed by atoms with Crippen LogP contribution in [0, 0.1) is 17.0 Å². The number of unbranched alkanes of at least 4 members (excludes halogenated alkanes) is 4. The molecule has 1 amide bonds. The molecule has 0 aliphatic carbocycles. The summed E-state index contributed by atoms with van der Waals surface area (Å²) >= 11 is 0. The van der Waals surface area contributed by atoms with Gasteiger partial charge in [-0.2, -0.15) is 5.10 Å². The lowest BCUT2D eigenvalue weighted by Crippen LogP contribution is -2.27. The van der Waals surface area contributed by atoms with Gasteiger partial charge >= 0.3 is 11.7 Å². The van der Waals surface area contributed by atoms with E-state index in [0.29, 0.717) is 13.0 Å². The Balaban J connectivity index is 2.35. The first-order valence-electron chi connectivity index (χ1n) is 7.52. The van der Waals surface area contributed by atoms with Crippen LogP contribution in [0.1, 0.15) is 54.7 Å². The largest absolute Gasteiger partial charge is 0.481 e. The van der Waals surface area contributed by atoms with E-state index in [0.717, 1.165) is 25.7 Å². The van der Waals surface area contributed by atoms with Crippen molar-refractivity contribution in [3.8, 4) is 0 Å². The van der Waals surface area contributed by atoms with Crippen LogP contribution < -0.4 is 5.32 Å². The number of carboxylic acids is 1. The number of nitrogens with one attached hydrogen (secondary N) is 1. The Morgan fingerprint density at radius 2 is 1.87 bits per heavy atom. The van der Waals surface area contributed by atoms with E-state index in [1.54, 1.807) is 0 Å². The molecule has 0 bridgehead atoms. The van der Waals surface area contributed by atoms with Gasteiger partial charge in [0.1, 0.15) is 5.69 Å². The summed E-state index contributed by atoms with van der Waals surface area (Å²) in [4.78, 5) is 32.8. The second-order valence-corrected chi connectivity index (χ2v) is 5.33. The van der Waals surface area contributed by atoms with Gasteiger partial charge in [0.15, 0.2) is 0 Å². The van der Waals surface area contributed by atoms with Crippen LogP contribution in [0.5, 0.6) is 0 Å². The summed E-state index contributed by atoms with van der Waals surface area (Å²) < 4.78 is 1.22. The van der Waals surface area contributed by atoms with Crippen molar-refractivity contribution in [2.45, 2.75) is 45.4 Å². The van der Waals surface area contributed by atoms with Gasteiger partial charge in [-0.1, -0.05) is 19.3 Å². The Morgan fingerprint density at radius 3 is 2.48 bits per heavy atom. The fourth-order valence-corrected chi connectivity index (χ4v) is 2.34. The highest BCUT2D eigenvalue weighted by Gasteiger charge is 2.28. The van der Waals surface area contributed by atoms with E-state index in [2.05, 4.69) is 10.4 Å². The lowest BCUT2D eigenvalue weighted by atomic mass is 10.1. The maximum atomic E-state index is 12.1. The summed E-state index contributed by atoms with van der Waals surface area (Å²) in [7, 11) is 1.50. The monoisotopic (exact) mass is 326 g/mol. The fourth-order valence-electron chi connectivity index (χ4n) is 2.34. The average molecular weight is 326 g/mol. The van der Waals surface area contributed by atoms with E-state index in [9.17, 15) is 19.7 Å². The van der Waals surface area contributed by atoms with Crippen LogP contribution in [0.3, 0.4) is 0 Å². The predicted molar refractivity (Wildman–Crippen MR) is 82.3 cm³/mol. The molecule has 128 valence electrons. The van der Waals surface area contributed by atoms with Gasteiger partial charge in [-0.15, -0.1) is 0 Å². The Morgan fingerprint density at radius 1 is 1.26 bits per heavy atom. The van der Waals surface area contributed by atoms with Crippen molar-refractivity contribution in [2.75, 3.05) is 6.54 Å². The van der Waals surface area contributed by atoms with Crippen LogP contribution in [0.25, 0.3) is 0 Å². The molecule has 2 N–H and O–H groups in total. The molecule has 23 heavy (non-hydrogen) atoms. The number of nitrogens with zero attached hydrogens (tertiary/aromatic N) is 3. The van der Waals surface area contributed by atoms with Crippen LogP contribution in [-0.4, -0.2) is 38.2 Å². The minimum absolute atomic E-state index is 0.0473. The minimum Gasteiger partial charge on any atom is -0.481 e. The first-order valence-corrected chi connectivity index (χ1v) is 7.52. The van der Waals surface area contributed by atoms with Crippen LogP contribution in [0.15, 0.2) is 0 Å². The molecular weight excluding hydrogens is 304 g/mol. The number of nitro groups is 1. The van der Waals surface area contributed by atoms with Crippen molar-refractivity contribution in [3.05, 3.63) is 21.5 Å². The lowest BCUT2D eigenvalue weighted by molar-refractivity contribution is -0.385. The molecule has 0 aliphatic rings. The number of aromatic nitrogens is 2. The number of amides is 1. The second kappa shape index (κ2) is 8.86. The molecule has 0 saturated carbocycles. The van der Waals surface area contributed by atoms with Crippen molar-refractivity contribution in [2.24, 2.45) is 7.05 Å². The molecule has 1 aromatic rings. The number of hydrogen-bond donors (Lipinski definition) is 2. The summed E-state index contributed by atoms with van der Waals surface area (Å²) in [5.41, 5.74) is -0.103. The van der Waals surface area contributed by atoms with E-state index in [1.165, 1.54) is 18.7 Å². The molecule has 9 nitrogen and oxygen atoms in total. The van der Waals surface area contributed by atoms with Gasteiger partial charge in [0.05, 0.1) is 4.92 Å². The Bertz CT molecular complexity index is 582. The van der Waals surface area contributed by atoms with Crippen molar-refractivity contribution in [3.63, 3.8) is 0 Å². The quantitative estimate of drug-likeness (QED) is 0.383. The van der Waals surface area contributed by atoms with Gasteiger partial charge in [0.2, 0.25) is 5.69 Å². The van der Waals surface area contributed by atoms with E-state index >= 15 is 0 Å². The first kappa shape index (κ1) is 18.6. The maximum Gasteiger partial charge on any atom is 0.322 e. The molecule has 1 heterocycles. The number of carbonyl (C=O) groups excluding carboxylic acids is 1. The van der Waals surface area contributed by atoms with E-state index in [1.807, 2.05) is 0 Å². The molecule has 9 heteroatoms. The van der Waals surface area contributed by atoms with Crippen molar-refractivity contribution >= 4 is 17.6 Å². The molecule has 0 saturated heterocycles. The fraction of sp³-hybridized carbons (Fsp3) is 0.643. The van der Waals surface area contributed by atoms with Crippen LogP contribution >= 0.6 is 0 Å². The zero-order chi connectivity index (χ0) is 17.4. The molecule has 1 aromatic heterocycles. The molecule has 1 rings (SSSR count). The summed E-state index contributed by atoms with van der Waals surface area (Å²) in [5, 5.41) is 26.1. The normalized spacial score (nSPS) is 10.5. The van der Waals surface area contributed by atoms with Gasteiger partial charge in [0.25, 0.3) is 5.91 Å². The van der Waals surface area contributed by atoms with Gasteiger partial charge in [-0.05, 0) is 19.8 Å². The number of carbonyl (C=O) groups is 2. The molecule has 0 spiro atoms. The third-order valence-corrected chi connectivity index (χ3v) is 3.44. The van der Waals surface area contributed by atoms with Crippen LogP contribution in [0.2, 0.25) is 0 Å². The average Bonchev–Trinajstić information content (AvgIpc) is 2.75. The molecule has 0 aromatic carbocycles. The maximum absolute atomic E-state index is 12.1.